The Kier molecular flexibility index (Phi) is 4.51. The molecule has 1 rings (SSSR count). The molecule has 1 heterocycles. The minimum Gasteiger partial charge on any atom is -0.469 e. The van der Waals surface area contributed by atoms with Gasteiger partial charge in [-0.15, -0.1) is 0 Å². The number of carbonyl (C=O) groups excluding carboxylic acids is 1. The number of methoxy groups -OCH3 is 1. The molecule has 0 aromatic carbocycles. The molecule has 0 unspecified atom stereocenters. The quantitative estimate of drug-likeness (QED) is 0.815. The van der Waals surface area contributed by atoms with Crippen molar-refractivity contribution in [2.45, 2.75) is 26.3 Å². The van der Waals surface area contributed by atoms with Crippen LogP contribution in [0.4, 0.5) is 8.78 Å². The molecule has 94 valence electrons. The second-order valence-corrected chi connectivity index (χ2v) is 3.52. The van der Waals surface area contributed by atoms with Gasteiger partial charge in [0.15, 0.2) is 0 Å². The number of esters is 1. The van der Waals surface area contributed by atoms with Gasteiger partial charge in [0.1, 0.15) is 0 Å². The van der Waals surface area contributed by atoms with Gasteiger partial charge in [-0.1, -0.05) is 0 Å². The first kappa shape index (κ1) is 13.5. The summed E-state index contributed by atoms with van der Waals surface area (Å²) in [5, 5.41) is 0. The lowest BCUT2D eigenvalue weighted by atomic mass is 9.99. The SMILES string of the molecule is COC(=O)Cc1c(C(F)F)cnc(CN)c1C. The number of alkyl halides is 2. The molecule has 0 aliphatic heterocycles. The zero-order valence-corrected chi connectivity index (χ0v) is 9.67. The summed E-state index contributed by atoms with van der Waals surface area (Å²) in [6, 6.07) is 0. The molecule has 0 bridgehead atoms. The standard InChI is InChI=1S/C11H14F2N2O2/c1-6-7(3-10(16)17-2)8(11(12)13)5-15-9(6)4-14/h5,11H,3-4,14H2,1-2H3. The highest BCUT2D eigenvalue weighted by Crippen LogP contribution is 2.26. The Morgan fingerprint density at radius 1 is 1.59 bits per heavy atom. The Hall–Kier alpha value is -1.56. The van der Waals surface area contributed by atoms with Crippen molar-refractivity contribution >= 4 is 5.97 Å². The Bertz CT molecular complexity index is 422. The van der Waals surface area contributed by atoms with Gasteiger partial charge in [0.2, 0.25) is 0 Å². The van der Waals surface area contributed by atoms with Crippen molar-refractivity contribution in [3.05, 3.63) is 28.6 Å². The van der Waals surface area contributed by atoms with Crippen LogP contribution in [0.25, 0.3) is 0 Å². The smallest absolute Gasteiger partial charge is 0.310 e. The Morgan fingerprint density at radius 2 is 2.24 bits per heavy atom. The molecule has 4 nitrogen and oxygen atoms in total. The van der Waals surface area contributed by atoms with Crippen LogP contribution in [0.15, 0.2) is 6.20 Å². The van der Waals surface area contributed by atoms with Gasteiger partial charge in [0.05, 0.1) is 19.2 Å². The highest BCUT2D eigenvalue weighted by molar-refractivity contribution is 5.73. The second kappa shape index (κ2) is 5.67. The molecule has 1 aromatic heterocycles. The summed E-state index contributed by atoms with van der Waals surface area (Å²) in [7, 11) is 1.21. The molecule has 0 aliphatic carbocycles. The maximum Gasteiger partial charge on any atom is 0.310 e. The molecular weight excluding hydrogens is 230 g/mol. The number of carbonyl (C=O) groups is 1. The lowest BCUT2D eigenvalue weighted by Crippen LogP contribution is -2.13. The highest BCUT2D eigenvalue weighted by Gasteiger charge is 2.20. The molecule has 0 atom stereocenters. The zero-order chi connectivity index (χ0) is 13.0. The van der Waals surface area contributed by atoms with Crippen LogP contribution in [0.2, 0.25) is 0 Å². The average Bonchev–Trinajstić information content (AvgIpc) is 2.30. The Labute approximate surface area is 97.8 Å². The van der Waals surface area contributed by atoms with E-state index in [0.717, 1.165) is 6.20 Å². The van der Waals surface area contributed by atoms with Gasteiger partial charge in [-0.05, 0) is 18.1 Å². The number of hydrogen-bond acceptors (Lipinski definition) is 4. The largest absolute Gasteiger partial charge is 0.469 e. The number of nitrogens with zero attached hydrogens (tertiary/aromatic N) is 1. The van der Waals surface area contributed by atoms with E-state index in [4.69, 9.17) is 5.73 Å². The topological polar surface area (TPSA) is 65.2 Å². The van der Waals surface area contributed by atoms with E-state index in [1.807, 2.05) is 0 Å². The molecule has 0 aliphatic rings. The first-order chi connectivity index (χ1) is 8.01. The fraction of sp³-hybridized carbons (Fsp3) is 0.455. The van der Waals surface area contributed by atoms with Crippen molar-refractivity contribution in [1.29, 1.82) is 0 Å². The van der Waals surface area contributed by atoms with Crippen LogP contribution in [0.1, 0.15) is 28.8 Å². The van der Waals surface area contributed by atoms with Crippen molar-refractivity contribution in [3.8, 4) is 0 Å². The zero-order valence-electron chi connectivity index (χ0n) is 9.67. The Morgan fingerprint density at radius 3 is 2.71 bits per heavy atom. The van der Waals surface area contributed by atoms with E-state index in [0.29, 0.717) is 11.3 Å². The molecule has 17 heavy (non-hydrogen) atoms. The maximum absolute atomic E-state index is 12.8. The van der Waals surface area contributed by atoms with Crippen LogP contribution in [0.3, 0.4) is 0 Å². The summed E-state index contributed by atoms with van der Waals surface area (Å²) in [6.07, 6.45) is -1.80. The fourth-order valence-electron chi connectivity index (χ4n) is 1.56. The molecular formula is C11H14F2N2O2. The number of aromatic nitrogens is 1. The summed E-state index contributed by atoms with van der Waals surface area (Å²) in [4.78, 5) is 15.0. The van der Waals surface area contributed by atoms with E-state index in [1.54, 1.807) is 6.92 Å². The van der Waals surface area contributed by atoms with Gasteiger partial charge < -0.3 is 10.5 Å². The molecule has 0 amide bonds. The van der Waals surface area contributed by atoms with Crippen LogP contribution >= 0.6 is 0 Å². The van der Waals surface area contributed by atoms with Crippen LogP contribution in [0, 0.1) is 6.92 Å². The lowest BCUT2D eigenvalue weighted by molar-refractivity contribution is -0.139. The summed E-state index contributed by atoms with van der Waals surface area (Å²) in [6.45, 7) is 1.77. The number of ether oxygens (including phenoxy) is 1. The highest BCUT2D eigenvalue weighted by atomic mass is 19.3. The van der Waals surface area contributed by atoms with Gasteiger partial charge in [-0.2, -0.15) is 0 Å². The molecule has 0 fully saturated rings. The van der Waals surface area contributed by atoms with Gasteiger partial charge in [-0.3, -0.25) is 9.78 Å². The van der Waals surface area contributed by atoms with Gasteiger partial charge >= 0.3 is 5.97 Å². The van der Waals surface area contributed by atoms with Gasteiger partial charge in [-0.25, -0.2) is 8.78 Å². The van der Waals surface area contributed by atoms with E-state index in [-0.39, 0.29) is 24.1 Å². The van der Waals surface area contributed by atoms with Crippen molar-refractivity contribution in [3.63, 3.8) is 0 Å². The van der Waals surface area contributed by atoms with Gasteiger partial charge in [0, 0.05) is 18.3 Å². The summed E-state index contributed by atoms with van der Waals surface area (Å²) in [5.41, 5.74) is 6.48. The van der Waals surface area contributed by atoms with E-state index in [2.05, 4.69) is 9.72 Å². The van der Waals surface area contributed by atoms with Crippen LogP contribution in [-0.4, -0.2) is 18.1 Å². The average molecular weight is 244 g/mol. The van der Waals surface area contributed by atoms with E-state index in [9.17, 15) is 13.6 Å². The van der Waals surface area contributed by atoms with Crippen molar-refractivity contribution in [2.75, 3.05) is 7.11 Å². The fourth-order valence-corrected chi connectivity index (χ4v) is 1.56. The Balaban J connectivity index is 3.24. The van der Waals surface area contributed by atoms with E-state index >= 15 is 0 Å². The minimum absolute atomic E-state index is 0.142. The van der Waals surface area contributed by atoms with E-state index < -0.39 is 12.4 Å². The van der Waals surface area contributed by atoms with Crippen LogP contribution < -0.4 is 5.73 Å². The first-order valence-electron chi connectivity index (χ1n) is 5.03. The van der Waals surface area contributed by atoms with Gasteiger partial charge in [0.25, 0.3) is 6.43 Å². The molecule has 0 radical (unpaired) electrons. The summed E-state index contributed by atoms with van der Waals surface area (Å²) >= 11 is 0. The summed E-state index contributed by atoms with van der Waals surface area (Å²) in [5.74, 6) is -0.566. The number of hydrogen-bond donors (Lipinski definition) is 1. The number of pyridine rings is 1. The molecule has 6 heteroatoms. The van der Waals surface area contributed by atoms with Crippen LogP contribution in [-0.2, 0) is 22.5 Å². The van der Waals surface area contributed by atoms with Crippen molar-refractivity contribution in [1.82, 2.24) is 4.98 Å². The second-order valence-electron chi connectivity index (χ2n) is 3.52. The number of halogens is 2. The van der Waals surface area contributed by atoms with Crippen molar-refractivity contribution in [2.24, 2.45) is 5.73 Å². The molecule has 2 N–H and O–H groups in total. The predicted octanol–water partition coefficient (Wildman–Crippen LogP) is 1.50. The number of rotatable bonds is 4. The normalized spacial score (nSPS) is 10.7. The first-order valence-corrected chi connectivity index (χ1v) is 5.03. The minimum atomic E-state index is -2.67. The molecule has 1 aromatic rings. The third kappa shape index (κ3) is 2.97. The number of nitrogens with two attached hydrogens (primary N) is 1. The predicted molar refractivity (Wildman–Crippen MR) is 57.5 cm³/mol. The van der Waals surface area contributed by atoms with E-state index in [1.165, 1.54) is 7.11 Å². The molecule has 0 saturated carbocycles. The monoisotopic (exact) mass is 244 g/mol. The van der Waals surface area contributed by atoms with Crippen LogP contribution in [0.5, 0.6) is 0 Å². The molecule has 0 saturated heterocycles. The maximum atomic E-state index is 12.8. The van der Waals surface area contributed by atoms with Crippen molar-refractivity contribution < 1.29 is 18.3 Å². The third-order valence-corrected chi connectivity index (χ3v) is 2.57. The third-order valence-electron chi connectivity index (χ3n) is 2.57. The summed E-state index contributed by atoms with van der Waals surface area (Å²) < 4.78 is 30.0. The lowest BCUT2D eigenvalue weighted by Gasteiger charge is -2.13. The molecule has 0 spiro atoms.